The van der Waals surface area contributed by atoms with Gasteiger partial charge in [-0.15, -0.1) is 0 Å². The molecule has 0 bridgehead atoms. The van der Waals surface area contributed by atoms with Gasteiger partial charge in [-0.3, -0.25) is 9.59 Å². The molecule has 30 heavy (non-hydrogen) atoms. The summed E-state index contributed by atoms with van der Waals surface area (Å²) in [6.07, 6.45) is 1.62. The van der Waals surface area contributed by atoms with Gasteiger partial charge in [-0.2, -0.15) is 0 Å². The second kappa shape index (κ2) is 11.6. The standard InChI is InChI=1S/C24H31ClN2O3/c1-5-17(2)26-24(29)18(3)27(16-19-9-8-11-21(15-19)30-4)23(28)14-13-20-10-6-7-12-22(20)25/h6-12,15,17-18H,5,13-14,16H2,1-4H3,(H,26,29)/t17-,18+/m1/s1. The van der Waals surface area contributed by atoms with Crippen LogP contribution in [0.4, 0.5) is 0 Å². The minimum absolute atomic E-state index is 0.0526. The summed E-state index contributed by atoms with van der Waals surface area (Å²) < 4.78 is 5.29. The molecule has 0 saturated carbocycles. The fourth-order valence-electron chi connectivity index (χ4n) is 3.10. The van der Waals surface area contributed by atoms with Crippen molar-refractivity contribution in [2.24, 2.45) is 0 Å². The molecule has 2 aromatic carbocycles. The van der Waals surface area contributed by atoms with Crippen LogP contribution in [0.15, 0.2) is 48.5 Å². The van der Waals surface area contributed by atoms with E-state index in [0.717, 1.165) is 17.5 Å². The summed E-state index contributed by atoms with van der Waals surface area (Å²) >= 11 is 6.23. The van der Waals surface area contributed by atoms with Crippen molar-refractivity contribution in [1.82, 2.24) is 10.2 Å². The third-order valence-electron chi connectivity index (χ3n) is 5.22. The van der Waals surface area contributed by atoms with Gasteiger partial charge in [0.25, 0.3) is 0 Å². The Balaban J connectivity index is 2.19. The van der Waals surface area contributed by atoms with Crippen molar-refractivity contribution in [3.63, 3.8) is 0 Å². The topological polar surface area (TPSA) is 58.6 Å². The molecule has 0 heterocycles. The molecule has 0 unspecified atom stereocenters. The zero-order valence-electron chi connectivity index (χ0n) is 18.2. The number of nitrogens with one attached hydrogen (secondary N) is 1. The normalized spacial score (nSPS) is 12.7. The number of amides is 2. The van der Waals surface area contributed by atoms with Crippen LogP contribution in [0.5, 0.6) is 5.75 Å². The number of rotatable bonds is 10. The Hall–Kier alpha value is -2.53. The molecule has 0 aromatic heterocycles. The number of aryl methyl sites for hydroxylation is 1. The van der Waals surface area contributed by atoms with Crippen molar-refractivity contribution in [3.05, 3.63) is 64.7 Å². The van der Waals surface area contributed by atoms with E-state index in [0.29, 0.717) is 23.7 Å². The van der Waals surface area contributed by atoms with Gasteiger partial charge in [0, 0.05) is 24.0 Å². The third kappa shape index (κ3) is 6.77. The molecule has 0 aliphatic carbocycles. The average molecular weight is 431 g/mol. The molecular formula is C24H31ClN2O3. The lowest BCUT2D eigenvalue weighted by Gasteiger charge is -2.30. The second-order valence-electron chi connectivity index (χ2n) is 7.46. The zero-order valence-corrected chi connectivity index (χ0v) is 18.9. The summed E-state index contributed by atoms with van der Waals surface area (Å²) in [7, 11) is 1.61. The number of ether oxygens (including phenoxy) is 1. The molecule has 1 N–H and O–H groups in total. The van der Waals surface area contributed by atoms with Crippen molar-refractivity contribution >= 4 is 23.4 Å². The smallest absolute Gasteiger partial charge is 0.242 e. The molecule has 2 rings (SSSR count). The molecule has 0 aliphatic heterocycles. The SMILES string of the molecule is CC[C@@H](C)NC(=O)[C@H](C)N(Cc1cccc(OC)c1)C(=O)CCc1ccccc1Cl. The minimum Gasteiger partial charge on any atom is -0.497 e. The van der Waals surface area contributed by atoms with E-state index in [1.54, 1.807) is 18.9 Å². The molecule has 0 saturated heterocycles. The number of hydrogen-bond acceptors (Lipinski definition) is 3. The number of hydrogen-bond donors (Lipinski definition) is 1. The zero-order chi connectivity index (χ0) is 22.1. The first-order valence-electron chi connectivity index (χ1n) is 10.3. The van der Waals surface area contributed by atoms with Crippen molar-refractivity contribution in [2.45, 2.75) is 58.7 Å². The average Bonchev–Trinajstić information content (AvgIpc) is 2.76. The molecule has 0 spiro atoms. The van der Waals surface area contributed by atoms with Crippen LogP contribution in [0.2, 0.25) is 5.02 Å². The molecule has 2 atom stereocenters. The monoisotopic (exact) mass is 430 g/mol. The number of benzene rings is 2. The van der Waals surface area contributed by atoms with Gasteiger partial charge < -0.3 is 15.0 Å². The minimum atomic E-state index is -0.594. The highest BCUT2D eigenvalue weighted by molar-refractivity contribution is 6.31. The van der Waals surface area contributed by atoms with E-state index in [9.17, 15) is 9.59 Å². The first-order valence-corrected chi connectivity index (χ1v) is 10.7. The Bertz CT molecular complexity index is 856. The van der Waals surface area contributed by atoms with Gasteiger partial charge in [0.2, 0.25) is 11.8 Å². The molecule has 2 aromatic rings. The number of carbonyl (C=O) groups is 2. The van der Waals surface area contributed by atoms with E-state index in [2.05, 4.69) is 5.32 Å². The van der Waals surface area contributed by atoms with Gasteiger partial charge in [-0.25, -0.2) is 0 Å². The number of halogens is 1. The van der Waals surface area contributed by atoms with E-state index < -0.39 is 6.04 Å². The second-order valence-corrected chi connectivity index (χ2v) is 7.87. The highest BCUT2D eigenvalue weighted by atomic mass is 35.5. The fourth-order valence-corrected chi connectivity index (χ4v) is 3.33. The first kappa shape index (κ1) is 23.7. The fraction of sp³-hybridized carbons (Fsp3) is 0.417. The van der Waals surface area contributed by atoms with Crippen LogP contribution in [-0.4, -0.2) is 35.9 Å². The van der Waals surface area contributed by atoms with E-state index >= 15 is 0 Å². The summed E-state index contributed by atoms with van der Waals surface area (Å²) in [5.41, 5.74) is 1.83. The quantitative estimate of drug-likeness (QED) is 0.598. The van der Waals surface area contributed by atoms with Gasteiger partial charge in [-0.1, -0.05) is 48.9 Å². The van der Waals surface area contributed by atoms with E-state index in [1.165, 1.54) is 0 Å². The lowest BCUT2D eigenvalue weighted by Crippen LogP contribution is -2.49. The van der Waals surface area contributed by atoms with E-state index in [1.807, 2.05) is 62.4 Å². The number of carbonyl (C=O) groups excluding carboxylic acids is 2. The van der Waals surface area contributed by atoms with Crippen molar-refractivity contribution in [3.8, 4) is 5.75 Å². The lowest BCUT2D eigenvalue weighted by molar-refractivity contribution is -0.140. The summed E-state index contributed by atoms with van der Waals surface area (Å²) in [6.45, 7) is 6.06. The summed E-state index contributed by atoms with van der Waals surface area (Å²) in [5.74, 6) is 0.468. The van der Waals surface area contributed by atoms with Crippen LogP contribution in [0.25, 0.3) is 0 Å². The first-order chi connectivity index (χ1) is 14.3. The van der Waals surface area contributed by atoms with Gasteiger partial charge in [0.15, 0.2) is 0 Å². The largest absolute Gasteiger partial charge is 0.497 e. The molecule has 0 aliphatic rings. The maximum Gasteiger partial charge on any atom is 0.242 e. The maximum atomic E-state index is 13.2. The van der Waals surface area contributed by atoms with Crippen LogP contribution >= 0.6 is 11.6 Å². The Morgan fingerprint density at radius 1 is 1.13 bits per heavy atom. The van der Waals surface area contributed by atoms with Gasteiger partial charge in [-0.05, 0) is 56.0 Å². The summed E-state index contributed by atoms with van der Waals surface area (Å²) in [6, 6.07) is 14.5. The molecule has 162 valence electrons. The van der Waals surface area contributed by atoms with E-state index in [4.69, 9.17) is 16.3 Å². The highest BCUT2D eigenvalue weighted by Gasteiger charge is 2.26. The molecular weight excluding hydrogens is 400 g/mol. The predicted molar refractivity (Wildman–Crippen MR) is 121 cm³/mol. The van der Waals surface area contributed by atoms with E-state index in [-0.39, 0.29) is 24.3 Å². The van der Waals surface area contributed by atoms with Crippen LogP contribution in [0.1, 0.15) is 44.7 Å². The number of methoxy groups -OCH3 is 1. The van der Waals surface area contributed by atoms with Gasteiger partial charge >= 0.3 is 0 Å². The van der Waals surface area contributed by atoms with Crippen molar-refractivity contribution in [1.29, 1.82) is 0 Å². The Morgan fingerprint density at radius 3 is 2.53 bits per heavy atom. The summed E-state index contributed by atoms with van der Waals surface area (Å²) in [4.78, 5) is 27.5. The maximum absolute atomic E-state index is 13.2. The van der Waals surface area contributed by atoms with Crippen LogP contribution in [0.3, 0.4) is 0 Å². The van der Waals surface area contributed by atoms with Gasteiger partial charge in [0.1, 0.15) is 11.8 Å². The Morgan fingerprint density at radius 2 is 1.87 bits per heavy atom. The summed E-state index contributed by atoms with van der Waals surface area (Å²) in [5, 5.41) is 3.62. The van der Waals surface area contributed by atoms with Gasteiger partial charge in [0.05, 0.1) is 7.11 Å². The predicted octanol–water partition coefficient (Wildman–Crippen LogP) is 4.61. The van der Waals surface area contributed by atoms with Crippen LogP contribution < -0.4 is 10.1 Å². The molecule has 6 heteroatoms. The molecule has 0 fully saturated rings. The van der Waals surface area contributed by atoms with Crippen molar-refractivity contribution < 1.29 is 14.3 Å². The van der Waals surface area contributed by atoms with Crippen molar-refractivity contribution in [2.75, 3.05) is 7.11 Å². The highest BCUT2D eigenvalue weighted by Crippen LogP contribution is 2.20. The molecule has 0 radical (unpaired) electrons. The number of nitrogens with zero attached hydrogens (tertiary/aromatic N) is 1. The molecule has 5 nitrogen and oxygen atoms in total. The van der Waals surface area contributed by atoms with Crippen LogP contribution in [0, 0.1) is 0 Å². The molecule has 2 amide bonds. The third-order valence-corrected chi connectivity index (χ3v) is 5.59. The Kier molecular flexibility index (Phi) is 9.18. The Labute approximate surface area is 184 Å². The van der Waals surface area contributed by atoms with Crippen LogP contribution in [-0.2, 0) is 22.6 Å². The lowest BCUT2D eigenvalue weighted by atomic mass is 10.1.